The van der Waals surface area contributed by atoms with Crippen molar-refractivity contribution in [3.05, 3.63) is 59.9 Å². The highest BCUT2D eigenvalue weighted by molar-refractivity contribution is 6.07. The number of aliphatic hydroxyl groups excluding tert-OH is 1. The summed E-state index contributed by atoms with van der Waals surface area (Å²) in [5.41, 5.74) is 1.73. The van der Waals surface area contributed by atoms with Crippen LogP contribution in [0.25, 0.3) is 22.2 Å². The van der Waals surface area contributed by atoms with Crippen LogP contribution in [0.1, 0.15) is 23.2 Å². The van der Waals surface area contributed by atoms with Gasteiger partial charge in [0.25, 0.3) is 5.91 Å². The van der Waals surface area contributed by atoms with Gasteiger partial charge in [0.15, 0.2) is 11.6 Å². The van der Waals surface area contributed by atoms with Crippen LogP contribution in [-0.2, 0) is 0 Å². The Bertz CT molecular complexity index is 1040. The molecule has 1 aliphatic heterocycles. The molecule has 6 heteroatoms. The van der Waals surface area contributed by atoms with Crippen molar-refractivity contribution < 1.29 is 19.0 Å². The zero-order valence-corrected chi connectivity index (χ0v) is 15.6. The molecule has 0 unspecified atom stereocenters. The van der Waals surface area contributed by atoms with E-state index in [1.54, 1.807) is 35.2 Å². The maximum atomic E-state index is 14.8. The number of benzene rings is 2. The summed E-state index contributed by atoms with van der Waals surface area (Å²) in [7, 11) is 1.41. The third-order valence-corrected chi connectivity index (χ3v) is 5.25. The summed E-state index contributed by atoms with van der Waals surface area (Å²) in [5, 5.41) is 10.3. The molecule has 5 nitrogen and oxygen atoms in total. The van der Waals surface area contributed by atoms with Gasteiger partial charge >= 0.3 is 0 Å². The van der Waals surface area contributed by atoms with E-state index < -0.39 is 5.82 Å². The summed E-state index contributed by atoms with van der Waals surface area (Å²) in [5.74, 6) is -0.555. The minimum atomic E-state index is -0.513. The van der Waals surface area contributed by atoms with E-state index in [9.17, 15) is 14.3 Å². The Labute approximate surface area is 162 Å². The molecule has 2 heterocycles. The standard InChI is InChI=1S/C22H21FN2O3/c1-28-20-10-4-8-16(21(20)23)19-12-17(15-7-2-3-9-18(15)24-19)22(27)25-11-5-6-14(25)13-26/h2-4,7-10,12,14,26H,5-6,11,13H2,1H3/t14-/m1/s1. The highest BCUT2D eigenvalue weighted by Gasteiger charge is 2.30. The quantitative estimate of drug-likeness (QED) is 0.751. The zero-order chi connectivity index (χ0) is 19.7. The predicted octanol–water partition coefficient (Wildman–Crippen LogP) is 3.65. The number of para-hydroxylation sites is 1. The van der Waals surface area contributed by atoms with Crippen molar-refractivity contribution >= 4 is 16.8 Å². The SMILES string of the molecule is COc1cccc(-c2cc(C(=O)N3CCC[C@@H]3CO)c3ccccc3n2)c1F. The molecule has 0 aliphatic carbocycles. The number of nitrogens with zero attached hydrogens (tertiary/aromatic N) is 2. The Kier molecular flexibility index (Phi) is 4.96. The number of carbonyl (C=O) groups is 1. The number of pyridine rings is 1. The number of methoxy groups -OCH3 is 1. The second-order valence-corrected chi connectivity index (χ2v) is 6.87. The van der Waals surface area contributed by atoms with E-state index in [2.05, 4.69) is 4.98 Å². The molecule has 1 atom stereocenters. The first-order chi connectivity index (χ1) is 13.6. The van der Waals surface area contributed by atoms with Crippen LogP contribution in [0.15, 0.2) is 48.5 Å². The molecule has 1 N–H and O–H groups in total. The van der Waals surface area contributed by atoms with Crippen LogP contribution in [0.3, 0.4) is 0 Å². The number of hydrogen-bond donors (Lipinski definition) is 1. The van der Waals surface area contributed by atoms with Gasteiger partial charge in [-0.25, -0.2) is 9.37 Å². The second kappa shape index (κ2) is 7.56. The van der Waals surface area contributed by atoms with Crippen molar-refractivity contribution in [2.24, 2.45) is 0 Å². The summed E-state index contributed by atoms with van der Waals surface area (Å²) in [6.45, 7) is 0.537. The molecule has 0 saturated carbocycles. The van der Waals surface area contributed by atoms with Gasteiger partial charge in [-0.05, 0) is 37.1 Å². The summed E-state index contributed by atoms with van der Waals surface area (Å²) in [6.07, 6.45) is 1.64. The van der Waals surface area contributed by atoms with Gasteiger partial charge in [0.2, 0.25) is 0 Å². The Morgan fingerprint density at radius 1 is 1.29 bits per heavy atom. The molecule has 1 saturated heterocycles. The molecule has 1 aliphatic rings. The molecule has 2 aromatic carbocycles. The maximum absolute atomic E-state index is 14.8. The van der Waals surface area contributed by atoms with Crippen LogP contribution in [0.2, 0.25) is 0 Å². The van der Waals surface area contributed by atoms with Gasteiger partial charge < -0.3 is 14.7 Å². The molecule has 0 bridgehead atoms. The van der Waals surface area contributed by atoms with Gasteiger partial charge in [-0.15, -0.1) is 0 Å². The van der Waals surface area contributed by atoms with Crippen LogP contribution in [-0.4, -0.2) is 47.2 Å². The third-order valence-electron chi connectivity index (χ3n) is 5.25. The summed E-state index contributed by atoms with van der Waals surface area (Å²) < 4.78 is 19.9. The minimum absolute atomic E-state index is 0.0634. The molecule has 1 aromatic heterocycles. The average Bonchev–Trinajstić information content (AvgIpc) is 3.21. The predicted molar refractivity (Wildman–Crippen MR) is 105 cm³/mol. The summed E-state index contributed by atoms with van der Waals surface area (Å²) in [6, 6.07) is 13.6. The lowest BCUT2D eigenvalue weighted by atomic mass is 10.0. The van der Waals surface area contributed by atoms with Crippen molar-refractivity contribution in [2.75, 3.05) is 20.3 Å². The van der Waals surface area contributed by atoms with E-state index in [-0.39, 0.29) is 29.9 Å². The molecule has 1 amide bonds. The Balaban J connectivity index is 1.88. The number of aromatic nitrogens is 1. The van der Waals surface area contributed by atoms with Gasteiger partial charge in [-0.1, -0.05) is 24.3 Å². The largest absolute Gasteiger partial charge is 0.494 e. The number of ether oxygens (including phenoxy) is 1. The van der Waals surface area contributed by atoms with E-state index in [0.29, 0.717) is 28.7 Å². The van der Waals surface area contributed by atoms with E-state index in [1.807, 2.05) is 18.2 Å². The molecule has 4 rings (SSSR count). The number of likely N-dealkylation sites (tertiary alicyclic amines) is 1. The van der Waals surface area contributed by atoms with E-state index in [0.717, 1.165) is 12.8 Å². The van der Waals surface area contributed by atoms with E-state index in [1.165, 1.54) is 7.11 Å². The van der Waals surface area contributed by atoms with Crippen LogP contribution in [0.5, 0.6) is 5.75 Å². The van der Waals surface area contributed by atoms with Crippen molar-refractivity contribution in [1.82, 2.24) is 9.88 Å². The van der Waals surface area contributed by atoms with Crippen LogP contribution < -0.4 is 4.74 Å². The lowest BCUT2D eigenvalue weighted by Crippen LogP contribution is -2.37. The molecule has 1 fully saturated rings. The van der Waals surface area contributed by atoms with Gasteiger partial charge in [0.05, 0.1) is 36.5 Å². The number of amides is 1. The zero-order valence-electron chi connectivity index (χ0n) is 15.6. The van der Waals surface area contributed by atoms with Gasteiger partial charge in [-0.3, -0.25) is 4.79 Å². The molecule has 28 heavy (non-hydrogen) atoms. The molecule has 3 aromatic rings. The van der Waals surface area contributed by atoms with Crippen LogP contribution in [0, 0.1) is 5.82 Å². The molecular formula is C22H21FN2O3. The highest BCUT2D eigenvalue weighted by Crippen LogP contribution is 2.32. The summed E-state index contributed by atoms with van der Waals surface area (Å²) in [4.78, 5) is 19.6. The van der Waals surface area contributed by atoms with Crippen molar-refractivity contribution in [1.29, 1.82) is 0 Å². The smallest absolute Gasteiger partial charge is 0.254 e. The third kappa shape index (κ3) is 3.10. The first-order valence-electron chi connectivity index (χ1n) is 9.28. The van der Waals surface area contributed by atoms with E-state index >= 15 is 0 Å². The highest BCUT2D eigenvalue weighted by atomic mass is 19.1. The van der Waals surface area contributed by atoms with Gasteiger partial charge in [-0.2, -0.15) is 0 Å². The molecule has 0 spiro atoms. The lowest BCUT2D eigenvalue weighted by molar-refractivity contribution is 0.0679. The fourth-order valence-electron chi connectivity index (χ4n) is 3.80. The minimum Gasteiger partial charge on any atom is -0.494 e. The van der Waals surface area contributed by atoms with Crippen LogP contribution in [0.4, 0.5) is 4.39 Å². The summed E-state index contributed by atoms with van der Waals surface area (Å²) >= 11 is 0. The monoisotopic (exact) mass is 380 g/mol. The lowest BCUT2D eigenvalue weighted by Gasteiger charge is -2.24. The average molecular weight is 380 g/mol. The van der Waals surface area contributed by atoms with Gasteiger partial charge in [0, 0.05) is 17.5 Å². The maximum Gasteiger partial charge on any atom is 0.254 e. The molecule has 144 valence electrons. The Hall–Kier alpha value is -2.99. The molecule has 0 radical (unpaired) electrons. The van der Waals surface area contributed by atoms with Gasteiger partial charge in [0.1, 0.15) is 0 Å². The first-order valence-corrected chi connectivity index (χ1v) is 9.28. The number of fused-ring (bicyclic) bond motifs is 1. The van der Waals surface area contributed by atoms with Crippen LogP contribution >= 0.6 is 0 Å². The Morgan fingerprint density at radius 3 is 2.89 bits per heavy atom. The fraction of sp³-hybridized carbons (Fsp3) is 0.273. The van der Waals surface area contributed by atoms with Crippen molar-refractivity contribution in [3.8, 4) is 17.0 Å². The number of hydrogen-bond acceptors (Lipinski definition) is 4. The number of aliphatic hydroxyl groups is 1. The number of halogens is 1. The number of rotatable bonds is 4. The Morgan fingerprint density at radius 2 is 2.11 bits per heavy atom. The van der Waals surface area contributed by atoms with E-state index in [4.69, 9.17) is 4.74 Å². The second-order valence-electron chi connectivity index (χ2n) is 6.87. The van der Waals surface area contributed by atoms with Crippen molar-refractivity contribution in [2.45, 2.75) is 18.9 Å². The fourth-order valence-corrected chi connectivity index (χ4v) is 3.80. The van der Waals surface area contributed by atoms with Crippen molar-refractivity contribution in [3.63, 3.8) is 0 Å². The normalized spacial score (nSPS) is 16.5. The first kappa shape index (κ1) is 18.4. The topological polar surface area (TPSA) is 62.7 Å². The molecular weight excluding hydrogens is 359 g/mol. The number of carbonyl (C=O) groups excluding carboxylic acids is 1.